The van der Waals surface area contributed by atoms with E-state index in [2.05, 4.69) is 53.0 Å². The van der Waals surface area contributed by atoms with E-state index in [4.69, 9.17) is 5.73 Å². The summed E-state index contributed by atoms with van der Waals surface area (Å²) in [6, 6.07) is 10.8. The van der Waals surface area contributed by atoms with Crippen molar-refractivity contribution in [2.75, 3.05) is 0 Å². The van der Waals surface area contributed by atoms with Crippen molar-refractivity contribution in [3.8, 4) is 0 Å². The number of nitrogens with two attached hydrogens (primary N) is 1. The van der Waals surface area contributed by atoms with Crippen molar-refractivity contribution < 1.29 is 0 Å². The van der Waals surface area contributed by atoms with Gasteiger partial charge in [-0.2, -0.15) is 0 Å². The molecule has 2 aromatic rings. The van der Waals surface area contributed by atoms with Crippen molar-refractivity contribution in [3.05, 3.63) is 54.1 Å². The van der Waals surface area contributed by atoms with Crippen LogP contribution in [0.25, 0.3) is 0 Å². The summed E-state index contributed by atoms with van der Waals surface area (Å²) in [5.74, 6) is 0. The average molecular weight is 257 g/mol. The van der Waals surface area contributed by atoms with Gasteiger partial charge in [-0.3, -0.25) is 0 Å². The summed E-state index contributed by atoms with van der Waals surface area (Å²) in [7, 11) is 0. The van der Waals surface area contributed by atoms with Crippen molar-refractivity contribution in [1.82, 2.24) is 9.55 Å². The number of hydrogen-bond acceptors (Lipinski definition) is 2. The summed E-state index contributed by atoms with van der Waals surface area (Å²) >= 11 is 0. The summed E-state index contributed by atoms with van der Waals surface area (Å²) in [4.78, 5) is 4.41. The highest BCUT2D eigenvalue weighted by atomic mass is 15.0. The van der Waals surface area contributed by atoms with E-state index >= 15 is 0 Å². The van der Waals surface area contributed by atoms with Crippen LogP contribution in [0.1, 0.15) is 31.0 Å². The Bertz CT molecular complexity index is 476. The molecule has 102 valence electrons. The van der Waals surface area contributed by atoms with Gasteiger partial charge in [0.1, 0.15) is 0 Å². The van der Waals surface area contributed by atoms with Crippen LogP contribution < -0.4 is 5.73 Å². The van der Waals surface area contributed by atoms with E-state index in [0.717, 1.165) is 37.9 Å². The van der Waals surface area contributed by atoms with Crippen LogP contribution >= 0.6 is 0 Å². The molecule has 3 heteroatoms. The van der Waals surface area contributed by atoms with E-state index in [9.17, 15) is 0 Å². The third-order valence-corrected chi connectivity index (χ3v) is 3.41. The van der Waals surface area contributed by atoms with Crippen molar-refractivity contribution in [1.29, 1.82) is 0 Å². The Morgan fingerprint density at radius 1 is 1.26 bits per heavy atom. The Balaban J connectivity index is 1.77. The highest BCUT2D eigenvalue weighted by Crippen LogP contribution is 2.06. The second kappa shape index (κ2) is 7.10. The lowest BCUT2D eigenvalue weighted by molar-refractivity contribution is 0.630. The minimum Gasteiger partial charge on any atom is -0.337 e. The fraction of sp³-hybridized carbons (Fsp3) is 0.438. The molecule has 19 heavy (non-hydrogen) atoms. The molecule has 1 unspecified atom stereocenters. The van der Waals surface area contributed by atoms with E-state index in [0.29, 0.717) is 0 Å². The fourth-order valence-electron chi connectivity index (χ4n) is 2.16. The second-order valence-electron chi connectivity index (χ2n) is 5.06. The monoisotopic (exact) mass is 257 g/mol. The molecule has 1 aromatic heterocycles. The molecule has 2 rings (SSSR count). The zero-order valence-corrected chi connectivity index (χ0v) is 11.6. The lowest BCUT2D eigenvalue weighted by atomic mass is 10.1. The lowest BCUT2D eigenvalue weighted by Gasteiger charge is -2.05. The van der Waals surface area contributed by atoms with E-state index in [-0.39, 0.29) is 6.04 Å². The molecule has 0 saturated heterocycles. The summed E-state index contributed by atoms with van der Waals surface area (Å²) in [6.45, 7) is 3.13. The molecule has 0 aliphatic heterocycles. The van der Waals surface area contributed by atoms with Crippen molar-refractivity contribution >= 4 is 0 Å². The smallest absolute Gasteiger partial charge is 0.0949 e. The molecule has 0 saturated carbocycles. The average Bonchev–Trinajstić information content (AvgIpc) is 2.87. The topological polar surface area (TPSA) is 43.8 Å². The normalized spacial score (nSPS) is 12.5. The van der Waals surface area contributed by atoms with Crippen LogP contribution in [0.15, 0.2) is 42.9 Å². The van der Waals surface area contributed by atoms with Crippen molar-refractivity contribution in [3.63, 3.8) is 0 Å². The van der Waals surface area contributed by atoms with Gasteiger partial charge in [-0.1, -0.05) is 37.3 Å². The Morgan fingerprint density at radius 3 is 2.79 bits per heavy atom. The van der Waals surface area contributed by atoms with Gasteiger partial charge in [0.25, 0.3) is 0 Å². The first-order valence-electron chi connectivity index (χ1n) is 7.08. The molecule has 0 fully saturated rings. The minimum absolute atomic E-state index is 0.229. The summed E-state index contributed by atoms with van der Waals surface area (Å²) < 4.78 is 2.17. The molecule has 0 aliphatic carbocycles. The zero-order valence-electron chi connectivity index (χ0n) is 11.6. The summed E-state index contributed by atoms with van der Waals surface area (Å²) in [6.07, 6.45) is 8.18. The van der Waals surface area contributed by atoms with Gasteiger partial charge in [-0.05, 0) is 24.8 Å². The van der Waals surface area contributed by atoms with E-state index in [1.54, 1.807) is 0 Å². The Kier molecular flexibility index (Phi) is 5.16. The zero-order chi connectivity index (χ0) is 13.5. The van der Waals surface area contributed by atoms with E-state index in [1.807, 2.05) is 6.33 Å². The molecule has 1 heterocycles. The van der Waals surface area contributed by atoms with Gasteiger partial charge < -0.3 is 10.3 Å². The van der Waals surface area contributed by atoms with Gasteiger partial charge in [0, 0.05) is 25.2 Å². The first kappa shape index (κ1) is 13.8. The largest absolute Gasteiger partial charge is 0.337 e. The van der Waals surface area contributed by atoms with Crippen LogP contribution in [0.4, 0.5) is 0 Å². The van der Waals surface area contributed by atoms with Crippen LogP contribution in [-0.4, -0.2) is 15.6 Å². The maximum Gasteiger partial charge on any atom is 0.0949 e. The Hall–Kier alpha value is -1.61. The van der Waals surface area contributed by atoms with Gasteiger partial charge in [0.15, 0.2) is 0 Å². The SMILES string of the molecule is CCC(N)Cc1cn(CCCc2ccccc2)cn1. The van der Waals surface area contributed by atoms with Crippen LogP contribution in [-0.2, 0) is 19.4 Å². The number of aromatic nitrogens is 2. The van der Waals surface area contributed by atoms with Crippen molar-refractivity contribution in [2.24, 2.45) is 5.73 Å². The fourth-order valence-corrected chi connectivity index (χ4v) is 2.16. The first-order valence-corrected chi connectivity index (χ1v) is 7.08. The molecule has 0 bridgehead atoms. The third-order valence-electron chi connectivity index (χ3n) is 3.41. The maximum atomic E-state index is 5.94. The van der Waals surface area contributed by atoms with Gasteiger partial charge in [0.05, 0.1) is 12.0 Å². The Labute approximate surface area is 115 Å². The molecule has 2 N–H and O–H groups in total. The lowest BCUT2D eigenvalue weighted by Crippen LogP contribution is -2.21. The van der Waals surface area contributed by atoms with E-state index < -0.39 is 0 Å². The number of rotatable bonds is 7. The molecule has 0 amide bonds. The summed E-state index contributed by atoms with van der Waals surface area (Å²) in [5, 5.41) is 0. The molecule has 1 atom stereocenters. The molecule has 0 spiro atoms. The molecule has 3 nitrogen and oxygen atoms in total. The quantitative estimate of drug-likeness (QED) is 0.829. The number of nitrogens with zero attached hydrogens (tertiary/aromatic N) is 2. The predicted molar refractivity (Wildman–Crippen MR) is 79.0 cm³/mol. The van der Waals surface area contributed by atoms with Gasteiger partial charge in [-0.25, -0.2) is 4.98 Å². The number of benzene rings is 1. The number of hydrogen-bond donors (Lipinski definition) is 1. The molecule has 1 aromatic carbocycles. The van der Waals surface area contributed by atoms with Gasteiger partial charge >= 0.3 is 0 Å². The molecular weight excluding hydrogens is 234 g/mol. The molecule has 0 aliphatic rings. The van der Waals surface area contributed by atoms with Crippen molar-refractivity contribution in [2.45, 2.75) is 45.2 Å². The molecular formula is C16H23N3. The van der Waals surface area contributed by atoms with Gasteiger partial charge in [0.2, 0.25) is 0 Å². The first-order chi connectivity index (χ1) is 9.28. The number of aryl methyl sites for hydroxylation is 2. The number of imidazole rings is 1. The van der Waals surface area contributed by atoms with E-state index in [1.165, 1.54) is 5.56 Å². The van der Waals surface area contributed by atoms with Gasteiger partial charge in [-0.15, -0.1) is 0 Å². The highest BCUT2D eigenvalue weighted by Gasteiger charge is 2.04. The summed E-state index contributed by atoms with van der Waals surface area (Å²) in [5.41, 5.74) is 8.45. The minimum atomic E-state index is 0.229. The Morgan fingerprint density at radius 2 is 2.05 bits per heavy atom. The molecule has 0 radical (unpaired) electrons. The predicted octanol–water partition coefficient (Wildman–Crippen LogP) is 2.80. The van der Waals surface area contributed by atoms with Crippen LogP contribution in [0, 0.1) is 0 Å². The second-order valence-corrected chi connectivity index (χ2v) is 5.06. The van der Waals surface area contributed by atoms with Crippen LogP contribution in [0.5, 0.6) is 0 Å². The van der Waals surface area contributed by atoms with Crippen LogP contribution in [0.3, 0.4) is 0 Å². The highest BCUT2D eigenvalue weighted by molar-refractivity contribution is 5.14. The van der Waals surface area contributed by atoms with Crippen LogP contribution in [0.2, 0.25) is 0 Å². The standard InChI is InChI=1S/C16H23N3/c1-2-15(17)11-16-12-19(13-18-16)10-6-9-14-7-4-3-5-8-14/h3-5,7-8,12-13,15H,2,6,9-11,17H2,1H3. The third kappa shape index (κ3) is 4.52. The maximum absolute atomic E-state index is 5.94.